The molecule has 1 N–H and O–H groups in total. The average molecular weight is 361 g/mol. The first-order valence-electron chi connectivity index (χ1n) is 6.77. The standard InChI is InChI=1S/C15H12ClF3N2OS/c16-9-3-4-12-11(6-9)14(15(17,18)19)21(8-13(22)20-12)7-10-2-1-5-23-10/h1-6,14H,7-8H2,(H,20,22). The number of nitrogens with one attached hydrogen (secondary N) is 1. The molecule has 0 fully saturated rings. The van der Waals surface area contributed by atoms with Crippen molar-refractivity contribution in [2.45, 2.75) is 18.8 Å². The number of amides is 1. The zero-order valence-electron chi connectivity index (χ0n) is 11.7. The van der Waals surface area contributed by atoms with Crippen molar-refractivity contribution in [1.29, 1.82) is 0 Å². The number of nitrogens with zero attached hydrogens (tertiary/aromatic N) is 1. The molecule has 1 aromatic carbocycles. The number of halogens is 4. The van der Waals surface area contributed by atoms with E-state index in [1.54, 1.807) is 17.5 Å². The lowest BCUT2D eigenvalue weighted by Gasteiger charge is -2.31. The summed E-state index contributed by atoms with van der Waals surface area (Å²) in [4.78, 5) is 13.9. The summed E-state index contributed by atoms with van der Waals surface area (Å²) in [6.07, 6.45) is -4.52. The summed E-state index contributed by atoms with van der Waals surface area (Å²) < 4.78 is 41.2. The van der Waals surface area contributed by atoms with Crippen LogP contribution in [-0.4, -0.2) is 23.5 Å². The molecule has 0 bridgehead atoms. The maximum absolute atomic E-state index is 13.7. The molecule has 0 radical (unpaired) electrons. The second kappa shape index (κ2) is 6.14. The van der Waals surface area contributed by atoms with E-state index >= 15 is 0 Å². The van der Waals surface area contributed by atoms with E-state index in [1.807, 2.05) is 0 Å². The van der Waals surface area contributed by atoms with Crippen LogP contribution in [0.1, 0.15) is 16.5 Å². The molecule has 1 aromatic heterocycles. The number of anilines is 1. The van der Waals surface area contributed by atoms with E-state index < -0.39 is 18.1 Å². The smallest absolute Gasteiger partial charge is 0.325 e. The topological polar surface area (TPSA) is 32.3 Å². The molecule has 1 unspecified atom stereocenters. The highest BCUT2D eigenvalue weighted by atomic mass is 35.5. The van der Waals surface area contributed by atoms with Crippen LogP contribution in [0, 0.1) is 0 Å². The monoisotopic (exact) mass is 360 g/mol. The molecule has 0 saturated carbocycles. The zero-order valence-corrected chi connectivity index (χ0v) is 13.3. The van der Waals surface area contributed by atoms with E-state index in [0.717, 1.165) is 9.78 Å². The number of thiophene rings is 1. The molecule has 23 heavy (non-hydrogen) atoms. The maximum atomic E-state index is 13.7. The summed E-state index contributed by atoms with van der Waals surface area (Å²) in [5, 5.41) is 4.52. The van der Waals surface area contributed by atoms with Gasteiger partial charge in [0.15, 0.2) is 0 Å². The molecule has 0 saturated heterocycles. The molecular formula is C15H12ClF3N2OS. The molecule has 1 aliphatic rings. The van der Waals surface area contributed by atoms with Crippen molar-refractivity contribution < 1.29 is 18.0 Å². The van der Waals surface area contributed by atoms with Gasteiger partial charge in [-0.15, -0.1) is 11.3 Å². The lowest BCUT2D eigenvalue weighted by atomic mass is 10.0. The van der Waals surface area contributed by atoms with Gasteiger partial charge in [0.25, 0.3) is 0 Å². The molecular weight excluding hydrogens is 349 g/mol. The van der Waals surface area contributed by atoms with Gasteiger partial charge < -0.3 is 5.32 Å². The van der Waals surface area contributed by atoms with Gasteiger partial charge in [0.1, 0.15) is 6.04 Å². The van der Waals surface area contributed by atoms with E-state index in [1.165, 1.54) is 29.5 Å². The first-order chi connectivity index (χ1) is 10.8. The van der Waals surface area contributed by atoms with Crippen LogP contribution in [0.3, 0.4) is 0 Å². The van der Waals surface area contributed by atoms with Crippen LogP contribution in [0.25, 0.3) is 0 Å². The molecule has 3 nitrogen and oxygen atoms in total. The second-order valence-corrected chi connectivity index (χ2v) is 6.68. The first-order valence-corrected chi connectivity index (χ1v) is 8.03. The lowest BCUT2D eigenvalue weighted by molar-refractivity contribution is -0.187. The van der Waals surface area contributed by atoms with Crippen LogP contribution in [0.4, 0.5) is 18.9 Å². The Morgan fingerprint density at radius 2 is 2.13 bits per heavy atom. The van der Waals surface area contributed by atoms with Gasteiger partial charge in [-0.2, -0.15) is 13.2 Å². The Kier molecular flexibility index (Phi) is 4.35. The van der Waals surface area contributed by atoms with Crippen molar-refractivity contribution in [2.75, 3.05) is 11.9 Å². The van der Waals surface area contributed by atoms with Gasteiger partial charge in [-0.25, -0.2) is 0 Å². The van der Waals surface area contributed by atoms with Crippen molar-refractivity contribution >= 4 is 34.5 Å². The normalized spacial score (nSPS) is 19.1. The molecule has 122 valence electrons. The van der Waals surface area contributed by atoms with Gasteiger partial charge in [-0.05, 0) is 29.6 Å². The Hall–Kier alpha value is -1.57. The summed E-state index contributed by atoms with van der Waals surface area (Å²) in [7, 11) is 0. The number of fused-ring (bicyclic) bond motifs is 1. The Labute approximate surface area is 139 Å². The van der Waals surface area contributed by atoms with Crippen molar-refractivity contribution in [1.82, 2.24) is 4.90 Å². The number of carbonyl (C=O) groups excluding carboxylic acids is 1. The van der Waals surface area contributed by atoms with E-state index in [4.69, 9.17) is 11.6 Å². The number of hydrogen-bond donors (Lipinski definition) is 1. The third kappa shape index (κ3) is 3.52. The third-order valence-corrected chi connectivity index (χ3v) is 4.64. The number of rotatable bonds is 2. The van der Waals surface area contributed by atoms with E-state index in [9.17, 15) is 18.0 Å². The quantitative estimate of drug-likeness (QED) is 0.857. The fourth-order valence-corrected chi connectivity index (χ4v) is 3.58. The fraction of sp³-hybridized carbons (Fsp3) is 0.267. The van der Waals surface area contributed by atoms with Gasteiger partial charge in [-0.1, -0.05) is 17.7 Å². The van der Waals surface area contributed by atoms with Crippen LogP contribution in [0.2, 0.25) is 5.02 Å². The van der Waals surface area contributed by atoms with Crippen molar-refractivity contribution in [3.63, 3.8) is 0 Å². The van der Waals surface area contributed by atoms with E-state index in [2.05, 4.69) is 5.32 Å². The molecule has 2 aromatic rings. The molecule has 1 aliphatic heterocycles. The lowest BCUT2D eigenvalue weighted by Crippen LogP contribution is -2.39. The predicted molar refractivity (Wildman–Crippen MR) is 83.6 cm³/mol. The second-order valence-electron chi connectivity index (χ2n) is 5.21. The van der Waals surface area contributed by atoms with Crippen molar-refractivity contribution in [3.05, 3.63) is 51.2 Å². The van der Waals surface area contributed by atoms with E-state index in [0.29, 0.717) is 0 Å². The molecule has 1 atom stereocenters. The minimum absolute atomic E-state index is 0.0348. The molecule has 0 aliphatic carbocycles. The van der Waals surface area contributed by atoms with Gasteiger partial charge in [0, 0.05) is 27.7 Å². The molecule has 8 heteroatoms. The van der Waals surface area contributed by atoms with Crippen molar-refractivity contribution in [2.24, 2.45) is 0 Å². The number of carbonyl (C=O) groups is 1. The molecule has 2 heterocycles. The minimum Gasteiger partial charge on any atom is -0.325 e. The number of benzene rings is 1. The van der Waals surface area contributed by atoms with Crippen LogP contribution >= 0.6 is 22.9 Å². The Morgan fingerprint density at radius 1 is 1.35 bits per heavy atom. The third-order valence-electron chi connectivity index (χ3n) is 3.54. The summed E-state index contributed by atoms with van der Waals surface area (Å²) in [6.45, 7) is -0.296. The Bertz CT molecular complexity index is 718. The molecule has 3 rings (SSSR count). The van der Waals surface area contributed by atoms with Crippen LogP contribution < -0.4 is 5.32 Å². The Balaban J connectivity index is 2.08. The maximum Gasteiger partial charge on any atom is 0.408 e. The predicted octanol–water partition coefficient (Wildman–Crippen LogP) is 4.46. The van der Waals surface area contributed by atoms with Crippen LogP contribution in [-0.2, 0) is 11.3 Å². The SMILES string of the molecule is O=C1CN(Cc2cccs2)C(C(F)(F)F)c2cc(Cl)ccc2N1. The molecule has 1 amide bonds. The van der Waals surface area contributed by atoms with Gasteiger partial charge in [-0.3, -0.25) is 9.69 Å². The van der Waals surface area contributed by atoms with E-state index in [-0.39, 0.29) is 29.4 Å². The summed E-state index contributed by atoms with van der Waals surface area (Å²) in [6, 6.07) is 5.76. The van der Waals surface area contributed by atoms with Gasteiger partial charge in [0.2, 0.25) is 5.91 Å². The highest BCUT2D eigenvalue weighted by Gasteiger charge is 2.47. The average Bonchev–Trinajstić information content (AvgIpc) is 2.88. The first kappa shape index (κ1) is 16.3. The highest BCUT2D eigenvalue weighted by molar-refractivity contribution is 7.09. The van der Waals surface area contributed by atoms with Crippen LogP contribution in [0.5, 0.6) is 0 Å². The van der Waals surface area contributed by atoms with Crippen molar-refractivity contribution in [3.8, 4) is 0 Å². The number of alkyl halides is 3. The summed E-state index contributed by atoms with van der Waals surface area (Å²) >= 11 is 7.23. The summed E-state index contributed by atoms with van der Waals surface area (Å²) in [5.41, 5.74) is 0.114. The largest absolute Gasteiger partial charge is 0.408 e. The van der Waals surface area contributed by atoms with Gasteiger partial charge in [0.05, 0.1) is 6.54 Å². The minimum atomic E-state index is -4.52. The zero-order chi connectivity index (χ0) is 16.6. The highest BCUT2D eigenvalue weighted by Crippen LogP contribution is 2.43. The van der Waals surface area contributed by atoms with Gasteiger partial charge >= 0.3 is 6.18 Å². The Morgan fingerprint density at radius 3 is 2.78 bits per heavy atom. The number of hydrogen-bond acceptors (Lipinski definition) is 3. The van der Waals surface area contributed by atoms with Crippen LogP contribution in [0.15, 0.2) is 35.7 Å². The summed E-state index contributed by atoms with van der Waals surface area (Å²) in [5.74, 6) is -0.475. The fourth-order valence-electron chi connectivity index (χ4n) is 2.67. The molecule has 0 spiro atoms.